The van der Waals surface area contributed by atoms with Crippen LogP contribution in [0.3, 0.4) is 0 Å². The lowest BCUT2D eigenvalue weighted by Crippen LogP contribution is -2.46. The molecular formula is C23H27N3O2S2. The average molecular weight is 442 g/mol. The molecule has 30 heavy (non-hydrogen) atoms. The second kappa shape index (κ2) is 9.39. The van der Waals surface area contributed by atoms with Crippen LogP contribution in [-0.4, -0.2) is 55.2 Å². The second-order valence-electron chi connectivity index (χ2n) is 7.59. The Kier molecular flexibility index (Phi) is 6.63. The fraction of sp³-hybridized carbons (Fsp3) is 0.348. The number of hydrogen-bond donors (Lipinski definition) is 1. The summed E-state index contributed by atoms with van der Waals surface area (Å²) in [5, 5.41) is 3.99. The van der Waals surface area contributed by atoms with Gasteiger partial charge in [-0.15, -0.1) is 23.1 Å². The topological polar surface area (TPSA) is 48.7 Å². The third-order valence-electron chi connectivity index (χ3n) is 5.49. The van der Waals surface area contributed by atoms with Crippen molar-refractivity contribution in [2.75, 3.05) is 44.8 Å². The number of nitrogens with one attached hydrogen (secondary N) is 1. The molecule has 0 radical (unpaired) electrons. The summed E-state index contributed by atoms with van der Waals surface area (Å²) < 4.78 is 5.29. The molecular weight excluding hydrogens is 414 g/mol. The second-order valence-corrected chi connectivity index (χ2v) is 9.72. The van der Waals surface area contributed by atoms with Gasteiger partial charge >= 0.3 is 0 Å². The quantitative estimate of drug-likeness (QED) is 0.548. The Morgan fingerprint density at radius 3 is 2.53 bits per heavy atom. The Labute approximate surface area is 186 Å². The lowest BCUT2D eigenvalue weighted by molar-refractivity contribution is 0.0996. The Morgan fingerprint density at radius 1 is 1.17 bits per heavy atom. The van der Waals surface area contributed by atoms with Crippen LogP contribution in [-0.2, 0) is 0 Å². The number of rotatable bonds is 6. The fourth-order valence-corrected chi connectivity index (χ4v) is 5.21. The van der Waals surface area contributed by atoms with E-state index >= 15 is 0 Å². The number of likely N-dealkylation sites (N-methyl/N-ethyl adjacent to an activating group) is 1. The zero-order valence-corrected chi connectivity index (χ0v) is 19.2. The van der Waals surface area contributed by atoms with Crippen molar-refractivity contribution in [2.45, 2.75) is 17.9 Å². The van der Waals surface area contributed by atoms with Crippen LogP contribution >= 0.6 is 23.1 Å². The molecule has 158 valence electrons. The summed E-state index contributed by atoms with van der Waals surface area (Å²) in [4.78, 5) is 20.0. The van der Waals surface area contributed by atoms with Crippen molar-refractivity contribution in [1.29, 1.82) is 0 Å². The minimum absolute atomic E-state index is 0.103. The smallest absolute Gasteiger partial charge is 0.291 e. The van der Waals surface area contributed by atoms with Crippen molar-refractivity contribution in [1.82, 2.24) is 9.80 Å². The number of anilines is 1. The van der Waals surface area contributed by atoms with E-state index in [1.807, 2.05) is 0 Å². The number of nitrogens with zero attached hydrogens (tertiary/aromatic N) is 2. The predicted octanol–water partition coefficient (Wildman–Crippen LogP) is 4.96. The molecule has 0 bridgehead atoms. The van der Waals surface area contributed by atoms with Gasteiger partial charge in [0.2, 0.25) is 0 Å². The number of benzene rings is 1. The zero-order chi connectivity index (χ0) is 21.1. The summed E-state index contributed by atoms with van der Waals surface area (Å²) in [5.74, 6) is 0.116. The van der Waals surface area contributed by atoms with E-state index < -0.39 is 0 Å². The van der Waals surface area contributed by atoms with Crippen LogP contribution in [0.5, 0.6) is 0 Å². The van der Waals surface area contributed by atoms with Crippen molar-refractivity contribution in [3.8, 4) is 0 Å². The maximum Gasteiger partial charge on any atom is 0.291 e. The van der Waals surface area contributed by atoms with Crippen LogP contribution in [0, 0.1) is 6.92 Å². The van der Waals surface area contributed by atoms with Gasteiger partial charge < -0.3 is 14.6 Å². The Hall–Kier alpha value is -2.06. The first-order valence-electron chi connectivity index (χ1n) is 10.1. The number of carbonyl (C=O) groups excluding carboxylic acids is 1. The molecule has 1 aliphatic rings. The molecule has 2 aromatic heterocycles. The molecule has 0 saturated carbocycles. The van der Waals surface area contributed by atoms with Gasteiger partial charge in [0.1, 0.15) is 5.00 Å². The van der Waals surface area contributed by atoms with E-state index in [0.717, 1.165) is 36.7 Å². The number of carbonyl (C=O) groups is 1. The molecule has 1 saturated heterocycles. The third kappa shape index (κ3) is 4.64. The zero-order valence-electron chi connectivity index (χ0n) is 17.6. The number of hydrogen-bond acceptors (Lipinski definition) is 6. The lowest BCUT2D eigenvalue weighted by Gasteiger charge is -2.38. The first kappa shape index (κ1) is 21.2. The summed E-state index contributed by atoms with van der Waals surface area (Å²) in [7, 11) is 2.17. The molecule has 3 aromatic rings. The van der Waals surface area contributed by atoms with Crippen molar-refractivity contribution >= 4 is 34.0 Å². The summed E-state index contributed by atoms with van der Waals surface area (Å²) >= 11 is 3.37. The van der Waals surface area contributed by atoms with E-state index in [1.165, 1.54) is 21.6 Å². The van der Waals surface area contributed by atoms with Gasteiger partial charge in [-0.1, -0.05) is 12.1 Å². The molecule has 1 aliphatic heterocycles. The molecule has 7 heteroatoms. The molecule has 4 rings (SSSR count). The molecule has 1 unspecified atom stereocenters. The molecule has 1 N–H and O–H groups in total. The van der Waals surface area contributed by atoms with Crippen LogP contribution < -0.4 is 5.32 Å². The number of aryl methyl sites for hydroxylation is 1. The monoisotopic (exact) mass is 441 g/mol. The van der Waals surface area contributed by atoms with Crippen molar-refractivity contribution in [2.24, 2.45) is 0 Å². The summed E-state index contributed by atoms with van der Waals surface area (Å²) in [5.41, 5.74) is 2.41. The third-order valence-corrected chi connectivity index (χ3v) is 7.21. The fourth-order valence-electron chi connectivity index (χ4n) is 3.86. The van der Waals surface area contributed by atoms with Gasteiger partial charge in [0.25, 0.3) is 5.91 Å². The highest BCUT2D eigenvalue weighted by Crippen LogP contribution is 2.40. The molecule has 1 atom stereocenters. The van der Waals surface area contributed by atoms with E-state index in [1.54, 1.807) is 35.2 Å². The first-order valence-corrected chi connectivity index (χ1v) is 12.1. The number of thiophene rings is 1. The summed E-state index contributed by atoms with van der Waals surface area (Å²) in [6.45, 7) is 6.15. The molecule has 1 fully saturated rings. The van der Waals surface area contributed by atoms with Crippen LogP contribution in [0.15, 0.2) is 58.0 Å². The average Bonchev–Trinajstić information content (AvgIpc) is 3.41. The number of piperazine rings is 1. The molecule has 0 aliphatic carbocycles. The Balaban J connectivity index is 1.70. The van der Waals surface area contributed by atoms with Crippen LogP contribution in [0.2, 0.25) is 0 Å². The van der Waals surface area contributed by atoms with E-state index in [9.17, 15) is 4.79 Å². The van der Waals surface area contributed by atoms with Crippen molar-refractivity contribution in [3.05, 3.63) is 70.5 Å². The Bertz CT molecular complexity index is 975. The van der Waals surface area contributed by atoms with E-state index in [4.69, 9.17) is 4.42 Å². The van der Waals surface area contributed by atoms with Gasteiger partial charge in [-0.2, -0.15) is 0 Å². The number of amides is 1. The van der Waals surface area contributed by atoms with E-state index in [0.29, 0.717) is 5.76 Å². The van der Waals surface area contributed by atoms with Gasteiger partial charge in [-0.3, -0.25) is 9.69 Å². The summed E-state index contributed by atoms with van der Waals surface area (Å²) in [6.07, 6.45) is 3.62. The van der Waals surface area contributed by atoms with Crippen LogP contribution in [0.1, 0.15) is 32.6 Å². The van der Waals surface area contributed by atoms with Gasteiger partial charge in [0.05, 0.1) is 12.3 Å². The highest BCUT2D eigenvalue weighted by molar-refractivity contribution is 7.98. The largest absolute Gasteiger partial charge is 0.459 e. The molecule has 5 nitrogen and oxygen atoms in total. The van der Waals surface area contributed by atoms with Gasteiger partial charge in [0, 0.05) is 41.5 Å². The standard InChI is InChI=1S/C23H27N3O2S2/c1-16-15-19(23(30-16)24-22(27)20-5-4-14-28-20)21(26-12-10-25(2)11-13-26)17-6-8-18(29-3)9-7-17/h4-9,14-15,21H,10-13H2,1-3H3,(H,24,27). The maximum atomic E-state index is 12.7. The number of thioether (sulfide) groups is 1. The highest BCUT2D eigenvalue weighted by Gasteiger charge is 2.29. The molecule has 0 spiro atoms. The number of furan rings is 1. The van der Waals surface area contributed by atoms with Gasteiger partial charge in [-0.25, -0.2) is 0 Å². The highest BCUT2D eigenvalue weighted by atomic mass is 32.2. The van der Waals surface area contributed by atoms with Crippen LogP contribution in [0.25, 0.3) is 0 Å². The maximum absolute atomic E-state index is 12.7. The molecule has 3 heterocycles. The lowest BCUT2D eigenvalue weighted by atomic mass is 9.97. The molecule has 1 aromatic carbocycles. The SMILES string of the molecule is CSc1ccc(C(c2cc(C)sc2NC(=O)c2ccco2)N2CCN(C)CC2)cc1. The van der Waals surface area contributed by atoms with Crippen molar-refractivity contribution < 1.29 is 9.21 Å². The van der Waals surface area contributed by atoms with Crippen molar-refractivity contribution in [3.63, 3.8) is 0 Å². The minimum atomic E-state index is -0.210. The molecule has 1 amide bonds. The normalized spacial score (nSPS) is 16.5. The minimum Gasteiger partial charge on any atom is -0.459 e. The summed E-state index contributed by atoms with van der Waals surface area (Å²) in [6, 6.07) is 14.6. The van der Waals surface area contributed by atoms with E-state index in [2.05, 4.69) is 65.7 Å². The first-order chi connectivity index (χ1) is 14.5. The van der Waals surface area contributed by atoms with E-state index in [-0.39, 0.29) is 11.9 Å². The van der Waals surface area contributed by atoms with Gasteiger partial charge in [0.15, 0.2) is 5.76 Å². The predicted molar refractivity (Wildman–Crippen MR) is 125 cm³/mol. The Morgan fingerprint density at radius 2 is 1.90 bits per heavy atom. The van der Waals surface area contributed by atoms with Crippen LogP contribution in [0.4, 0.5) is 5.00 Å². The van der Waals surface area contributed by atoms with Gasteiger partial charge in [-0.05, 0) is 56.1 Å².